The highest BCUT2D eigenvalue weighted by atomic mass is 127. The van der Waals surface area contributed by atoms with Crippen LogP contribution in [0.2, 0.25) is 0 Å². The summed E-state index contributed by atoms with van der Waals surface area (Å²) in [4.78, 5) is 7.63. The SMILES string of the molecule is CS(=O)(=O)[O-].Cc1cc(C)[n+](C)c(C)c1.Cc1cc(C)[n+](C)c(C)c1.Cc1cc(C)[n+](C)c(C)c1.Cc1cc(C)[n+](C)cn1.Cc1cc[n+](C)c(C)c1.Cc1ccc(S(=O)(=O)[O-])cc1.Cc1ccc(S(=O)(=O)[O-])cc1.Cc1ccc(S(=O)(=O)[O-])cc1.Cc1ccc(S(=O)(=O)[O-])cc1.Cc1ccc(S(=O)(=O)[O-])cc1.Cc1cccc(C)[n+]1C.Cc1nc(C)c(C)[n+](C)c1C.[I-]. The summed E-state index contributed by atoms with van der Waals surface area (Å²) in [5, 5.41) is 0. The highest BCUT2D eigenvalue weighted by molar-refractivity contribution is 7.87. The van der Waals surface area contributed by atoms with Crippen LogP contribution in [0.25, 0.3) is 0 Å². The zero-order chi connectivity index (χ0) is 99.2. The van der Waals surface area contributed by atoms with E-state index in [2.05, 4.69) is 269 Å². The van der Waals surface area contributed by atoms with Gasteiger partial charge in [-0.1, -0.05) is 93.5 Å². The second-order valence-corrected chi connectivity index (χ2v) is 39.1. The van der Waals surface area contributed by atoms with Gasteiger partial charge in [-0.05, 0) is 172 Å². The van der Waals surface area contributed by atoms with Crippen LogP contribution in [-0.4, -0.2) is 94.0 Å². The fraction of sp³-hybridized carbons (Fsp3) is 0.337. The molecule has 12 rings (SSSR count). The van der Waals surface area contributed by atoms with Gasteiger partial charge < -0.3 is 51.3 Å². The number of aryl methyl sites for hydroxylation is 24. The van der Waals surface area contributed by atoms with Gasteiger partial charge in [-0.3, -0.25) is 0 Å². The average molecular weight is 2010 g/mol. The Labute approximate surface area is 786 Å². The molecule has 0 N–H and O–H groups in total. The van der Waals surface area contributed by atoms with Crippen LogP contribution in [0, 0.1) is 166 Å². The van der Waals surface area contributed by atoms with Gasteiger partial charge in [0.2, 0.25) is 0 Å². The first-order valence-corrected chi connectivity index (χ1v) is 48.6. The van der Waals surface area contributed by atoms with E-state index >= 15 is 0 Å². The maximum Gasteiger partial charge on any atom is 0.286 e. The Balaban J connectivity index is 0. The van der Waals surface area contributed by atoms with Crippen molar-refractivity contribution in [2.75, 3.05) is 6.26 Å². The van der Waals surface area contributed by atoms with Crippen LogP contribution in [0.4, 0.5) is 0 Å². The first-order chi connectivity index (χ1) is 58.5. The van der Waals surface area contributed by atoms with E-state index in [1.807, 2.05) is 73.3 Å². The summed E-state index contributed by atoms with van der Waals surface area (Å²) in [6.07, 6.45) is 4.50. The predicted molar refractivity (Wildman–Crippen MR) is 490 cm³/mol. The van der Waals surface area contributed by atoms with E-state index in [-0.39, 0.29) is 48.5 Å². The lowest BCUT2D eigenvalue weighted by molar-refractivity contribution is -0.685. The molecule has 706 valence electrons. The topological polar surface area (TPSA) is 396 Å². The third-order valence-corrected chi connectivity index (χ3v) is 23.7. The van der Waals surface area contributed by atoms with Crippen molar-refractivity contribution in [1.29, 1.82) is 0 Å². The van der Waals surface area contributed by atoms with Crippen molar-refractivity contribution < 1.29 is 134 Å². The molecule has 0 saturated carbocycles. The van der Waals surface area contributed by atoms with Crippen LogP contribution in [-0.2, 0) is 110 Å². The Morgan fingerprint density at radius 2 is 0.442 bits per heavy atom. The molecule has 0 saturated heterocycles. The molecular weight excluding hydrogens is 1870 g/mol. The molecule has 0 spiro atoms. The second-order valence-electron chi connectivity index (χ2n) is 30.8. The zero-order valence-electron chi connectivity index (χ0n) is 80.3. The van der Waals surface area contributed by atoms with Crippen LogP contribution in [0.15, 0.2) is 231 Å². The molecule has 0 atom stereocenters. The van der Waals surface area contributed by atoms with E-state index in [0.717, 1.165) is 44.9 Å². The fourth-order valence-corrected chi connectivity index (χ4v) is 12.9. The molecule has 129 heavy (non-hydrogen) atoms. The Kier molecular flexibility index (Phi) is 52.7. The standard InChI is InChI=1S/C9H15N2.3C9H14N.2C8H12N.C7H11N2.5C7H8O3S.CH4O3S.HI/c1-6-8(3)11(5)9(4)7(2)10-6;3*1-7-5-8(2)10(4)9(3)6-7;1-7-4-5-9(3)8(2)6-7;1-7-5-4-6-8(2)9(7)3;1-6-4-7(2)9(3)5-8-6;5*1-6-2-4-7(5-3-6)11(8,9)10;1-5(2,3)4;/h1-5H3;3*5-6H,1-4H3;2*4-6H,1-3H3;4-5H,1-3H3;5*2-5H,1H3,(H,8,9,10);1H3,(H,2,3,4);1H/q7*+1;;;;;;;/p-7. The maximum atomic E-state index is 10.4. The number of hydrogen-bond acceptors (Lipinski definition) is 20. The first kappa shape index (κ1) is 121. The molecule has 0 aliphatic heterocycles. The van der Waals surface area contributed by atoms with Gasteiger partial charge in [0.25, 0.3) is 6.33 Å². The van der Waals surface area contributed by atoms with Crippen molar-refractivity contribution in [3.8, 4) is 0 Å². The van der Waals surface area contributed by atoms with Gasteiger partial charge in [-0.25, -0.2) is 82.9 Å². The van der Waals surface area contributed by atoms with Gasteiger partial charge in [0, 0.05) is 156 Å². The van der Waals surface area contributed by atoms with E-state index in [9.17, 15) is 64.9 Å². The van der Waals surface area contributed by atoms with Crippen molar-refractivity contribution in [2.45, 2.75) is 191 Å². The molecular formula is C95H130IN9O18S6. The summed E-state index contributed by atoms with van der Waals surface area (Å²) in [6.45, 7) is 49.0. The summed E-state index contributed by atoms with van der Waals surface area (Å²) in [6, 6.07) is 54.6. The van der Waals surface area contributed by atoms with Crippen molar-refractivity contribution in [3.05, 3.63) is 342 Å². The van der Waals surface area contributed by atoms with Crippen LogP contribution < -0.4 is 55.9 Å². The minimum absolute atomic E-state index is 0. The largest absolute Gasteiger partial charge is 1.00 e. The molecule has 0 radical (unpaired) electrons. The Bertz CT molecular complexity index is 5630. The van der Waals surface area contributed by atoms with E-state index in [4.69, 9.17) is 13.0 Å². The average Bonchev–Trinajstić information content (AvgIpc) is 0.791. The second kappa shape index (κ2) is 56.0. The monoisotopic (exact) mass is 2000 g/mol. The lowest BCUT2D eigenvalue weighted by atomic mass is 10.2. The van der Waals surface area contributed by atoms with E-state index in [0.29, 0.717) is 6.26 Å². The molecule has 0 aliphatic rings. The minimum atomic E-state index is -4.27. The molecule has 7 aromatic heterocycles. The van der Waals surface area contributed by atoms with Gasteiger partial charge in [0.1, 0.15) is 110 Å². The Morgan fingerprint density at radius 3 is 0.620 bits per heavy atom. The van der Waals surface area contributed by atoms with Gasteiger partial charge in [-0.15, -0.1) is 0 Å². The minimum Gasteiger partial charge on any atom is -1.00 e. The number of halogens is 1. The number of aromatic nitrogens is 9. The fourth-order valence-electron chi connectivity index (χ4n) is 10.6. The molecule has 5 aromatic carbocycles. The highest BCUT2D eigenvalue weighted by Crippen LogP contribution is 2.14. The number of benzene rings is 5. The number of nitrogens with zero attached hydrogens (tertiary/aromatic N) is 9. The number of pyridine rings is 5. The van der Waals surface area contributed by atoms with Gasteiger partial charge >= 0.3 is 0 Å². The molecule has 7 heterocycles. The van der Waals surface area contributed by atoms with Gasteiger partial charge in [0.15, 0.2) is 74.5 Å². The zero-order valence-corrected chi connectivity index (χ0v) is 87.4. The maximum absolute atomic E-state index is 10.4. The summed E-state index contributed by atoms with van der Waals surface area (Å²) in [5.74, 6) is 0. The van der Waals surface area contributed by atoms with Crippen molar-refractivity contribution in [3.63, 3.8) is 0 Å². The van der Waals surface area contributed by atoms with E-state index in [1.165, 1.54) is 151 Å². The lowest BCUT2D eigenvalue weighted by Crippen LogP contribution is -3.00. The van der Waals surface area contributed by atoms with Crippen LogP contribution >= 0.6 is 0 Å². The smallest absolute Gasteiger partial charge is 0.286 e. The van der Waals surface area contributed by atoms with Crippen LogP contribution in [0.5, 0.6) is 0 Å². The predicted octanol–water partition coefficient (Wildman–Crippen LogP) is 8.89. The Morgan fingerprint density at radius 1 is 0.240 bits per heavy atom. The normalized spacial score (nSPS) is 10.6. The Hall–Kier alpha value is -9.80. The molecule has 0 bridgehead atoms. The summed E-state index contributed by atoms with van der Waals surface area (Å²) in [5.41, 5.74) is 28.8. The molecule has 0 unspecified atom stereocenters. The summed E-state index contributed by atoms with van der Waals surface area (Å²) >= 11 is 0. The van der Waals surface area contributed by atoms with Gasteiger partial charge in [-0.2, -0.15) is 4.57 Å². The molecule has 0 amide bonds. The van der Waals surface area contributed by atoms with Crippen molar-refractivity contribution >= 4 is 60.7 Å². The molecule has 34 heteroatoms. The summed E-state index contributed by atoms with van der Waals surface area (Å²) in [7, 11) is -10.8. The van der Waals surface area contributed by atoms with Crippen LogP contribution in [0.1, 0.15) is 135 Å². The van der Waals surface area contributed by atoms with Crippen molar-refractivity contribution in [2.24, 2.45) is 49.3 Å². The number of rotatable bonds is 5. The van der Waals surface area contributed by atoms with E-state index < -0.39 is 60.7 Å². The molecule has 12 aromatic rings. The lowest BCUT2D eigenvalue weighted by Gasteiger charge is -2.05. The van der Waals surface area contributed by atoms with Crippen LogP contribution in [0.3, 0.4) is 0 Å². The third-order valence-electron chi connectivity index (χ3n) is 19.4. The molecule has 27 nitrogen and oxygen atoms in total. The first-order valence-electron chi connectivity index (χ1n) is 39.8. The quantitative estimate of drug-likeness (QED) is 0.0881. The molecule has 0 fully saturated rings. The third kappa shape index (κ3) is 50.3. The molecule has 0 aliphatic carbocycles. The van der Waals surface area contributed by atoms with E-state index in [1.54, 1.807) is 60.7 Å². The van der Waals surface area contributed by atoms with Crippen molar-refractivity contribution in [1.82, 2.24) is 9.97 Å². The highest BCUT2D eigenvalue weighted by Gasteiger charge is 2.14. The number of hydrogen-bond donors (Lipinski definition) is 0. The van der Waals surface area contributed by atoms with Gasteiger partial charge in [0.05, 0.1) is 41.6 Å². The summed E-state index contributed by atoms with van der Waals surface area (Å²) < 4.78 is 198.